The van der Waals surface area contributed by atoms with E-state index in [4.69, 9.17) is 5.11 Å². The quantitative estimate of drug-likeness (QED) is 0.755. The molecule has 0 bridgehead atoms. The number of aromatic nitrogens is 3. The lowest BCUT2D eigenvalue weighted by atomic mass is 9.94. The average Bonchev–Trinajstić information content (AvgIpc) is 3.29. The molecule has 3 heterocycles. The Morgan fingerprint density at radius 1 is 1.27 bits per heavy atom. The summed E-state index contributed by atoms with van der Waals surface area (Å²) < 4.78 is 1.43. The molecule has 1 atom stereocenters. The number of amides is 1. The summed E-state index contributed by atoms with van der Waals surface area (Å²) in [6, 6.07) is 9.51. The van der Waals surface area contributed by atoms with E-state index in [0.29, 0.717) is 12.1 Å². The first-order valence-corrected chi connectivity index (χ1v) is 8.72. The average molecular weight is 352 g/mol. The summed E-state index contributed by atoms with van der Waals surface area (Å²) in [5.41, 5.74) is 2.56. The number of carboxylic acids is 1. The maximum atomic E-state index is 12.9. The first-order valence-electron chi connectivity index (χ1n) is 8.72. The summed E-state index contributed by atoms with van der Waals surface area (Å²) >= 11 is 0. The Kier molecular flexibility index (Phi) is 4.20. The van der Waals surface area contributed by atoms with Crippen LogP contribution in [0.2, 0.25) is 0 Å². The van der Waals surface area contributed by atoms with E-state index >= 15 is 0 Å². The molecule has 0 saturated carbocycles. The summed E-state index contributed by atoms with van der Waals surface area (Å²) in [6.07, 6.45) is 5.41. The van der Waals surface area contributed by atoms with Crippen LogP contribution in [0.3, 0.4) is 0 Å². The molecule has 2 aromatic heterocycles. The minimum absolute atomic E-state index is 0.0303. The Labute approximate surface area is 150 Å². The van der Waals surface area contributed by atoms with Crippen LogP contribution < -0.4 is 0 Å². The van der Waals surface area contributed by atoms with E-state index in [2.05, 4.69) is 10.1 Å². The molecule has 7 heteroatoms. The minimum Gasteiger partial charge on any atom is -0.480 e. The van der Waals surface area contributed by atoms with Crippen LogP contribution in [0.25, 0.3) is 10.9 Å². The zero-order valence-electron chi connectivity index (χ0n) is 14.3. The van der Waals surface area contributed by atoms with Crippen molar-refractivity contribution in [3.63, 3.8) is 0 Å². The van der Waals surface area contributed by atoms with Gasteiger partial charge >= 0.3 is 5.97 Å². The van der Waals surface area contributed by atoms with Gasteiger partial charge in [-0.3, -0.25) is 14.3 Å². The van der Waals surface area contributed by atoms with Gasteiger partial charge in [0.1, 0.15) is 6.54 Å². The summed E-state index contributed by atoms with van der Waals surface area (Å²) in [7, 11) is 0. The number of fused-ring (bicyclic) bond motifs is 1. The van der Waals surface area contributed by atoms with E-state index in [1.807, 2.05) is 41.4 Å². The number of nitrogens with one attached hydrogen (secondary N) is 1. The number of H-pyrrole nitrogens is 1. The van der Waals surface area contributed by atoms with Crippen molar-refractivity contribution in [3.8, 4) is 0 Å². The third kappa shape index (κ3) is 3.20. The number of hydrogen-bond donors (Lipinski definition) is 2. The fourth-order valence-corrected chi connectivity index (χ4v) is 3.59. The van der Waals surface area contributed by atoms with Crippen molar-refractivity contribution in [1.29, 1.82) is 0 Å². The van der Waals surface area contributed by atoms with E-state index in [0.717, 1.165) is 36.0 Å². The molecule has 26 heavy (non-hydrogen) atoms. The van der Waals surface area contributed by atoms with Gasteiger partial charge in [-0.25, -0.2) is 0 Å². The highest BCUT2D eigenvalue weighted by Gasteiger charge is 2.27. The molecule has 3 aromatic rings. The molecule has 7 nitrogen and oxygen atoms in total. The van der Waals surface area contributed by atoms with Crippen molar-refractivity contribution in [3.05, 3.63) is 54.0 Å². The van der Waals surface area contributed by atoms with E-state index in [-0.39, 0.29) is 18.4 Å². The van der Waals surface area contributed by atoms with Gasteiger partial charge in [-0.2, -0.15) is 5.10 Å². The molecule has 1 aliphatic rings. The van der Waals surface area contributed by atoms with Gasteiger partial charge in [0, 0.05) is 47.9 Å². The van der Waals surface area contributed by atoms with Crippen LogP contribution in [0, 0.1) is 0 Å². The van der Waals surface area contributed by atoms with Crippen molar-refractivity contribution in [2.45, 2.75) is 25.3 Å². The van der Waals surface area contributed by atoms with E-state index < -0.39 is 5.97 Å². The van der Waals surface area contributed by atoms with Crippen molar-refractivity contribution in [2.24, 2.45) is 0 Å². The largest absolute Gasteiger partial charge is 0.480 e. The highest BCUT2D eigenvalue weighted by atomic mass is 16.4. The SMILES string of the molecule is O=C(O)Cn1ccc([C@@H]2CCCN(C(=O)c3ccc4[nH]ccc4c3)C2)n1. The van der Waals surface area contributed by atoms with Crippen LogP contribution in [-0.2, 0) is 11.3 Å². The maximum absolute atomic E-state index is 12.9. The monoisotopic (exact) mass is 352 g/mol. The topological polar surface area (TPSA) is 91.2 Å². The lowest BCUT2D eigenvalue weighted by molar-refractivity contribution is -0.137. The molecular formula is C19H20N4O3. The van der Waals surface area contributed by atoms with Gasteiger partial charge in [-0.15, -0.1) is 0 Å². The molecule has 134 valence electrons. The maximum Gasteiger partial charge on any atom is 0.325 e. The molecule has 2 N–H and O–H groups in total. The van der Waals surface area contributed by atoms with Gasteiger partial charge < -0.3 is 15.0 Å². The molecule has 1 aromatic carbocycles. The van der Waals surface area contributed by atoms with E-state index in [9.17, 15) is 9.59 Å². The van der Waals surface area contributed by atoms with Gasteiger partial charge in [0.25, 0.3) is 5.91 Å². The predicted octanol–water partition coefficient (Wildman–Crippen LogP) is 2.47. The van der Waals surface area contributed by atoms with Crippen LogP contribution in [0.5, 0.6) is 0 Å². The van der Waals surface area contributed by atoms with Gasteiger partial charge in [-0.05, 0) is 43.2 Å². The number of aliphatic carboxylic acids is 1. The lowest BCUT2D eigenvalue weighted by Crippen LogP contribution is -2.39. The zero-order valence-corrected chi connectivity index (χ0v) is 14.3. The smallest absolute Gasteiger partial charge is 0.325 e. The minimum atomic E-state index is -0.916. The van der Waals surface area contributed by atoms with Crippen molar-refractivity contribution < 1.29 is 14.7 Å². The standard InChI is InChI=1S/C19H20N4O3/c24-18(25)12-23-9-6-17(21-23)15-2-1-8-22(11-15)19(26)14-3-4-16-13(10-14)5-7-20-16/h3-7,9-10,15,20H,1-2,8,11-12H2,(H,24,25)/t15-/m1/s1. The van der Waals surface area contributed by atoms with Crippen molar-refractivity contribution in [2.75, 3.05) is 13.1 Å². The summed E-state index contributed by atoms with van der Waals surface area (Å²) in [5.74, 6) is -0.748. The molecule has 4 rings (SSSR count). The Balaban J connectivity index is 1.49. The van der Waals surface area contributed by atoms with Crippen molar-refractivity contribution in [1.82, 2.24) is 19.7 Å². The van der Waals surface area contributed by atoms with Gasteiger partial charge in [-0.1, -0.05) is 0 Å². The molecule has 1 aliphatic heterocycles. The molecule has 0 aliphatic carbocycles. The molecule has 1 saturated heterocycles. The number of carbonyl (C=O) groups is 2. The molecule has 1 fully saturated rings. The van der Waals surface area contributed by atoms with Crippen LogP contribution >= 0.6 is 0 Å². The normalized spacial score (nSPS) is 17.5. The Hall–Kier alpha value is -3.09. The third-order valence-corrected chi connectivity index (χ3v) is 4.89. The van der Waals surface area contributed by atoms with Gasteiger partial charge in [0.15, 0.2) is 0 Å². The third-order valence-electron chi connectivity index (χ3n) is 4.89. The van der Waals surface area contributed by atoms with E-state index in [1.165, 1.54) is 4.68 Å². The number of carboxylic acid groups (broad SMARTS) is 1. The highest BCUT2D eigenvalue weighted by molar-refractivity contribution is 5.98. The van der Waals surface area contributed by atoms with Crippen LogP contribution in [-0.4, -0.2) is 49.7 Å². The number of piperidine rings is 1. The number of nitrogens with zero attached hydrogens (tertiary/aromatic N) is 3. The molecular weight excluding hydrogens is 332 g/mol. The second kappa shape index (κ2) is 6.67. The Bertz CT molecular complexity index is 959. The molecule has 0 unspecified atom stereocenters. The fraction of sp³-hybridized carbons (Fsp3) is 0.316. The Morgan fingerprint density at radius 3 is 3.00 bits per heavy atom. The second-order valence-corrected chi connectivity index (χ2v) is 6.70. The number of likely N-dealkylation sites (tertiary alicyclic amines) is 1. The number of rotatable bonds is 4. The van der Waals surface area contributed by atoms with E-state index in [1.54, 1.807) is 6.20 Å². The Morgan fingerprint density at radius 2 is 2.15 bits per heavy atom. The number of aromatic amines is 1. The summed E-state index contributed by atoms with van der Waals surface area (Å²) in [6.45, 7) is 1.19. The van der Waals surface area contributed by atoms with Crippen LogP contribution in [0.4, 0.5) is 0 Å². The second-order valence-electron chi connectivity index (χ2n) is 6.70. The lowest BCUT2D eigenvalue weighted by Gasteiger charge is -2.32. The molecule has 0 spiro atoms. The van der Waals surface area contributed by atoms with Gasteiger partial charge in [0.2, 0.25) is 0 Å². The van der Waals surface area contributed by atoms with Gasteiger partial charge in [0.05, 0.1) is 5.69 Å². The fourth-order valence-electron chi connectivity index (χ4n) is 3.59. The number of hydrogen-bond acceptors (Lipinski definition) is 3. The van der Waals surface area contributed by atoms with Crippen LogP contribution in [0.15, 0.2) is 42.7 Å². The van der Waals surface area contributed by atoms with Crippen LogP contribution in [0.1, 0.15) is 34.8 Å². The summed E-state index contributed by atoms with van der Waals surface area (Å²) in [4.78, 5) is 28.7. The highest BCUT2D eigenvalue weighted by Crippen LogP contribution is 2.27. The first kappa shape index (κ1) is 16.4. The predicted molar refractivity (Wildman–Crippen MR) is 96.0 cm³/mol. The first-order chi connectivity index (χ1) is 12.6. The zero-order chi connectivity index (χ0) is 18.1. The van der Waals surface area contributed by atoms with Crippen molar-refractivity contribution >= 4 is 22.8 Å². The number of carbonyl (C=O) groups excluding carboxylic acids is 1. The molecule has 1 amide bonds. The summed E-state index contributed by atoms with van der Waals surface area (Å²) in [5, 5.41) is 14.3. The molecule has 0 radical (unpaired) electrons. The number of benzene rings is 1.